The van der Waals surface area contributed by atoms with Crippen LogP contribution in [-0.2, 0) is 16.0 Å². The van der Waals surface area contributed by atoms with E-state index in [0.717, 1.165) is 5.56 Å². The third-order valence-electron chi connectivity index (χ3n) is 6.01. The highest BCUT2D eigenvalue weighted by atomic mass is 35.5. The van der Waals surface area contributed by atoms with Crippen LogP contribution in [0.2, 0.25) is 5.02 Å². The van der Waals surface area contributed by atoms with Gasteiger partial charge in [0, 0.05) is 43.3 Å². The minimum atomic E-state index is -0.407. The molecule has 2 amide bonds. The second kappa shape index (κ2) is 12.1. The number of halogens is 2. The highest BCUT2D eigenvalue weighted by Gasteiger charge is 2.30. The molecule has 3 rings (SSSR count). The van der Waals surface area contributed by atoms with Gasteiger partial charge in [-0.25, -0.2) is 4.39 Å². The van der Waals surface area contributed by atoms with Crippen molar-refractivity contribution in [1.29, 1.82) is 0 Å². The molecule has 0 aliphatic carbocycles. The number of likely N-dealkylation sites (N-methyl/N-ethyl adjacent to an activating group) is 1. The molecule has 1 aliphatic rings. The monoisotopic (exact) mass is 473 g/mol. The molecule has 6 nitrogen and oxygen atoms in total. The van der Waals surface area contributed by atoms with Crippen LogP contribution >= 0.6 is 11.6 Å². The molecule has 1 atom stereocenters. The van der Waals surface area contributed by atoms with Crippen molar-refractivity contribution in [2.24, 2.45) is 5.73 Å². The Morgan fingerprint density at radius 3 is 2.39 bits per heavy atom. The van der Waals surface area contributed by atoms with Crippen molar-refractivity contribution >= 4 is 23.4 Å². The Kier molecular flexibility index (Phi) is 9.23. The number of hydrogen-bond acceptors (Lipinski definition) is 4. The van der Waals surface area contributed by atoms with Crippen molar-refractivity contribution < 1.29 is 14.0 Å². The summed E-state index contributed by atoms with van der Waals surface area (Å²) in [4.78, 5) is 30.1. The van der Waals surface area contributed by atoms with Crippen LogP contribution in [0.4, 0.5) is 4.39 Å². The van der Waals surface area contributed by atoms with Gasteiger partial charge < -0.3 is 10.6 Å². The Hall–Kier alpha value is -2.48. The van der Waals surface area contributed by atoms with E-state index in [2.05, 4.69) is 4.90 Å². The van der Waals surface area contributed by atoms with E-state index in [1.165, 1.54) is 6.07 Å². The fraction of sp³-hybridized carbons (Fsp3) is 0.400. The number of piperazine rings is 1. The number of hydrogen-bond donors (Lipinski definition) is 1. The number of amides is 2. The zero-order valence-electron chi connectivity index (χ0n) is 18.9. The molecule has 2 aromatic rings. The SMILES string of the molecule is CCN(CC(N)=O)CC(c1ccccc1F)N1CCN(C(=O)[CH]Cc2ccc(Cl)cc2)CC1. The molecule has 1 aliphatic heterocycles. The molecule has 1 heterocycles. The summed E-state index contributed by atoms with van der Waals surface area (Å²) < 4.78 is 14.7. The molecule has 0 bridgehead atoms. The van der Waals surface area contributed by atoms with Crippen LogP contribution in [0.15, 0.2) is 48.5 Å². The lowest BCUT2D eigenvalue weighted by molar-refractivity contribution is -0.130. The Morgan fingerprint density at radius 2 is 1.79 bits per heavy atom. The molecule has 2 N–H and O–H groups in total. The molecule has 0 saturated carbocycles. The van der Waals surface area contributed by atoms with Gasteiger partial charge in [0.25, 0.3) is 0 Å². The van der Waals surface area contributed by atoms with E-state index in [0.29, 0.717) is 56.3 Å². The predicted molar refractivity (Wildman–Crippen MR) is 128 cm³/mol. The van der Waals surface area contributed by atoms with Gasteiger partial charge in [-0.05, 0) is 36.7 Å². The zero-order chi connectivity index (χ0) is 23.8. The summed E-state index contributed by atoms with van der Waals surface area (Å²) in [5.74, 6) is -0.681. The summed E-state index contributed by atoms with van der Waals surface area (Å²) in [6.07, 6.45) is 2.24. The summed E-state index contributed by atoms with van der Waals surface area (Å²) in [6, 6.07) is 14.0. The van der Waals surface area contributed by atoms with E-state index in [4.69, 9.17) is 17.3 Å². The van der Waals surface area contributed by atoms with Gasteiger partial charge in [0.05, 0.1) is 19.0 Å². The molecule has 33 heavy (non-hydrogen) atoms. The number of benzene rings is 2. The Labute approximate surface area is 200 Å². The second-order valence-corrected chi connectivity index (χ2v) is 8.66. The average Bonchev–Trinajstić information content (AvgIpc) is 2.81. The summed E-state index contributed by atoms with van der Waals surface area (Å²) in [7, 11) is 0. The summed E-state index contributed by atoms with van der Waals surface area (Å²) in [5.41, 5.74) is 7.02. The van der Waals surface area contributed by atoms with Gasteiger partial charge in [0.2, 0.25) is 11.8 Å². The smallest absolute Gasteiger partial charge is 0.231 e. The van der Waals surface area contributed by atoms with Crippen molar-refractivity contribution in [3.63, 3.8) is 0 Å². The van der Waals surface area contributed by atoms with E-state index in [1.54, 1.807) is 18.6 Å². The molecular formula is C25H31ClFN4O2. The largest absolute Gasteiger partial charge is 0.369 e. The topological polar surface area (TPSA) is 69.9 Å². The molecular weight excluding hydrogens is 443 g/mol. The van der Waals surface area contributed by atoms with Gasteiger partial charge >= 0.3 is 0 Å². The van der Waals surface area contributed by atoms with Crippen molar-refractivity contribution in [3.05, 3.63) is 76.9 Å². The van der Waals surface area contributed by atoms with Crippen LogP contribution in [0.5, 0.6) is 0 Å². The lowest BCUT2D eigenvalue weighted by Gasteiger charge is -2.41. The first-order valence-electron chi connectivity index (χ1n) is 11.2. The lowest BCUT2D eigenvalue weighted by Crippen LogP contribution is -2.52. The first kappa shape index (κ1) is 25.1. The van der Waals surface area contributed by atoms with Crippen LogP contribution in [0, 0.1) is 12.2 Å². The number of carbonyl (C=O) groups excluding carboxylic acids is 2. The summed E-state index contributed by atoms with van der Waals surface area (Å²) >= 11 is 5.92. The number of nitrogens with two attached hydrogens (primary N) is 1. The third-order valence-corrected chi connectivity index (χ3v) is 6.27. The van der Waals surface area contributed by atoms with Gasteiger partial charge in [-0.1, -0.05) is 48.9 Å². The number of nitrogens with zero attached hydrogens (tertiary/aromatic N) is 3. The Morgan fingerprint density at radius 1 is 1.12 bits per heavy atom. The van der Waals surface area contributed by atoms with Crippen LogP contribution in [-0.4, -0.2) is 72.3 Å². The van der Waals surface area contributed by atoms with Gasteiger partial charge in [-0.15, -0.1) is 0 Å². The van der Waals surface area contributed by atoms with E-state index >= 15 is 0 Å². The van der Waals surface area contributed by atoms with E-state index in [9.17, 15) is 14.0 Å². The molecule has 0 spiro atoms. The van der Waals surface area contributed by atoms with Crippen molar-refractivity contribution in [2.45, 2.75) is 19.4 Å². The average molecular weight is 474 g/mol. The normalized spacial score (nSPS) is 15.6. The highest BCUT2D eigenvalue weighted by Crippen LogP contribution is 2.26. The zero-order valence-corrected chi connectivity index (χ0v) is 19.7. The molecule has 1 radical (unpaired) electrons. The molecule has 8 heteroatoms. The molecule has 2 aromatic carbocycles. The fourth-order valence-electron chi connectivity index (χ4n) is 4.13. The third kappa shape index (κ3) is 7.25. The van der Waals surface area contributed by atoms with E-state index in [-0.39, 0.29) is 24.3 Å². The van der Waals surface area contributed by atoms with E-state index < -0.39 is 5.91 Å². The van der Waals surface area contributed by atoms with Gasteiger partial charge in [0.15, 0.2) is 0 Å². The molecule has 0 aromatic heterocycles. The van der Waals surface area contributed by atoms with Gasteiger partial charge in [-0.3, -0.25) is 19.4 Å². The highest BCUT2D eigenvalue weighted by molar-refractivity contribution is 6.30. The molecule has 177 valence electrons. The molecule has 1 saturated heterocycles. The Bertz CT molecular complexity index is 932. The van der Waals surface area contributed by atoms with Crippen LogP contribution in [0.1, 0.15) is 24.1 Å². The van der Waals surface area contributed by atoms with Gasteiger partial charge in [-0.2, -0.15) is 0 Å². The summed E-state index contributed by atoms with van der Waals surface area (Å²) in [5, 5.41) is 0.670. The summed E-state index contributed by atoms with van der Waals surface area (Å²) in [6.45, 7) is 5.55. The quantitative estimate of drug-likeness (QED) is 0.576. The van der Waals surface area contributed by atoms with Crippen molar-refractivity contribution in [2.75, 3.05) is 45.8 Å². The maximum absolute atomic E-state index is 14.7. The minimum absolute atomic E-state index is 0.00375. The minimum Gasteiger partial charge on any atom is -0.369 e. The van der Waals surface area contributed by atoms with Crippen LogP contribution in [0.3, 0.4) is 0 Å². The van der Waals surface area contributed by atoms with Gasteiger partial charge in [0.1, 0.15) is 5.82 Å². The number of primary amides is 1. The standard InChI is InChI=1S/C25H31ClFN4O2/c1-2-29(18-24(28)32)17-23(21-5-3-4-6-22(21)27)30-13-15-31(16-14-30)25(33)12-9-19-7-10-20(26)11-8-19/h3-8,10-12,23H,2,9,13-18H2,1H3,(H2,28,32). The van der Waals surface area contributed by atoms with Crippen molar-refractivity contribution in [1.82, 2.24) is 14.7 Å². The predicted octanol–water partition coefficient (Wildman–Crippen LogP) is 2.92. The molecule has 1 unspecified atom stereocenters. The Balaban J connectivity index is 1.62. The fourth-order valence-corrected chi connectivity index (χ4v) is 4.26. The van der Waals surface area contributed by atoms with Crippen LogP contribution < -0.4 is 5.73 Å². The number of carbonyl (C=O) groups is 2. The van der Waals surface area contributed by atoms with Crippen LogP contribution in [0.25, 0.3) is 0 Å². The first-order chi connectivity index (χ1) is 15.9. The molecule has 1 fully saturated rings. The first-order valence-corrected chi connectivity index (χ1v) is 11.6. The van der Waals surface area contributed by atoms with Crippen molar-refractivity contribution in [3.8, 4) is 0 Å². The lowest BCUT2D eigenvalue weighted by atomic mass is 10.0. The maximum atomic E-state index is 14.7. The maximum Gasteiger partial charge on any atom is 0.231 e. The number of rotatable bonds is 10. The second-order valence-electron chi connectivity index (χ2n) is 8.23. The van der Waals surface area contributed by atoms with E-state index in [1.807, 2.05) is 47.1 Å².